The van der Waals surface area contributed by atoms with Gasteiger partial charge in [0, 0.05) is 16.1 Å². The molecule has 0 aliphatic rings. The molecule has 0 heterocycles. The molecule has 5 heteroatoms. The Morgan fingerprint density at radius 2 is 1.68 bits per heavy atom. The molecule has 1 aromatic carbocycles. The Balaban J connectivity index is 2.76. The Labute approximate surface area is 120 Å². The second-order valence-electron chi connectivity index (χ2n) is 4.99. The summed E-state index contributed by atoms with van der Waals surface area (Å²) < 4.78 is 28.4. The van der Waals surface area contributed by atoms with E-state index in [2.05, 4.69) is 0 Å². The number of rotatable bonds is 7. The normalized spacial score (nSPS) is 12.4. The SMILES string of the molecule is CCC(CC)(COc1ccc(C)cc1)CS(=O)(=O)Cl. The first-order valence-corrected chi connectivity index (χ1v) is 8.90. The van der Waals surface area contributed by atoms with Crippen molar-refractivity contribution >= 4 is 19.7 Å². The van der Waals surface area contributed by atoms with Crippen molar-refractivity contribution in [2.45, 2.75) is 33.6 Å². The van der Waals surface area contributed by atoms with E-state index in [-0.39, 0.29) is 5.75 Å². The van der Waals surface area contributed by atoms with Gasteiger partial charge in [-0.1, -0.05) is 31.5 Å². The number of halogens is 1. The van der Waals surface area contributed by atoms with E-state index in [1.54, 1.807) is 0 Å². The van der Waals surface area contributed by atoms with Gasteiger partial charge in [-0.3, -0.25) is 0 Å². The van der Waals surface area contributed by atoms with Gasteiger partial charge in [0.05, 0.1) is 12.4 Å². The highest BCUT2D eigenvalue weighted by Crippen LogP contribution is 2.30. The van der Waals surface area contributed by atoms with Gasteiger partial charge in [0.1, 0.15) is 5.75 Å². The van der Waals surface area contributed by atoms with Crippen LogP contribution >= 0.6 is 10.7 Å². The molecule has 1 rings (SSSR count). The lowest BCUT2D eigenvalue weighted by atomic mass is 9.85. The first kappa shape index (κ1) is 16.3. The molecule has 0 aliphatic carbocycles. The van der Waals surface area contributed by atoms with Gasteiger partial charge in [-0.25, -0.2) is 8.42 Å². The number of aryl methyl sites for hydroxylation is 1. The summed E-state index contributed by atoms with van der Waals surface area (Å²) in [6.07, 6.45) is 1.42. The molecular weight excluding hydrogens is 284 g/mol. The van der Waals surface area contributed by atoms with Crippen LogP contribution in [-0.4, -0.2) is 20.8 Å². The quantitative estimate of drug-likeness (QED) is 0.721. The third-order valence-electron chi connectivity index (χ3n) is 3.54. The molecule has 0 saturated carbocycles. The monoisotopic (exact) mass is 304 g/mol. The lowest BCUT2D eigenvalue weighted by molar-refractivity contribution is 0.155. The largest absolute Gasteiger partial charge is 0.493 e. The Kier molecular flexibility index (Phi) is 5.68. The van der Waals surface area contributed by atoms with Crippen molar-refractivity contribution in [2.75, 3.05) is 12.4 Å². The highest BCUT2D eigenvalue weighted by atomic mass is 35.7. The first-order chi connectivity index (χ1) is 8.80. The lowest BCUT2D eigenvalue weighted by Crippen LogP contribution is -2.33. The maximum Gasteiger partial charge on any atom is 0.233 e. The van der Waals surface area contributed by atoms with Crippen molar-refractivity contribution in [3.63, 3.8) is 0 Å². The van der Waals surface area contributed by atoms with Gasteiger partial charge in [0.25, 0.3) is 0 Å². The van der Waals surface area contributed by atoms with Crippen LogP contribution in [0.5, 0.6) is 5.75 Å². The molecular formula is C14H21ClO3S. The molecule has 0 spiro atoms. The predicted octanol–water partition coefficient (Wildman–Crippen LogP) is 3.75. The molecule has 0 saturated heterocycles. The number of benzene rings is 1. The first-order valence-electron chi connectivity index (χ1n) is 6.42. The molecule has 0 atom stereocenters. The zero-order valence-corrected chi connectivity index (χ0v) is 13.2. The highest BCUT2D eigenvalue weighted by molar-refractivity contribution is 8.13. The fourth-order valence-corrected chi connectivity index (χ4v) is 3.85. The third kappa shape index (κ3) is 5.41. The molecule has 0 aromatic heterocycles. The van der Waals surface area contributed by atoms with E-state index >= 15 is 0 Å². The minimum Gasteiger partial charge on any atom is -0.493 e. The molecule has 1 aromatic rings. The van der Waals surface area contributed by atoms with E-state index in [0.717, 1.165) is 11.3 Å². The number of hydrogen-bond donors (Lipinski definition) is 0. The van der Waals surface area contributed by atoms with Crippen LogP contribution in [0.3, 0.4) is 0 Å². The average Bonchev–Trinajstić information content (AvgIpc) is 2.35. The zero-order valence-electron chi connectivity index (χ0n) is 11.6. The second-order valence-corrected chi connectivity index (χ2v) is 7.77. The van der Waals surface area contributed by atoms with Gasteiger partial charge in [0.2, 0.25) is 9.05 Å². The van der Waals surface area contributed by atoms with E-state index in [9.17, 15) is 8.42 Å². The Hall–Kier alpha value is -0.740. The van der Waals surface area contributed by atoms with Crippen molar-refractivity contribution < 1.29 is 13.2 Å². The van der Waals surface area contributed by atoms with Crippen molar-refractivity contribution in [1.82, 2.24) is 0 Å². The van der Waals surface area contributed by atoms with Crippen molar-refractivity contribution in [3.05, 3.63) is 29.8 Å². The van der Waals surface area contributed by atoms with E-state index in [0.29, 0.717) is 19.4 Å². The van der Waals surface area contributed by atoms with Crippen molar-refractivity contribution in [2.24, 2.45) is 5.41 Å². The van der Waals surface area contributed by atoms with Gasteiger partial charge < -0.3 is 4.74 Å². The maximum absolute atomic E-state index is 11.3. The van der Waals surface area contributed by atoms with Crippen LogP contribution in [0.15, 0.2) is 24.3 Å². The van der Waals surface area contributed by atoms with E-state index < -0.39 is 14.5 Å². The Bertz CT molecular complexity index is 490. The van der Waals surface area contributed by atoms with E-state index in [1.807, 2.05) is 45.0 Å². The van der Waals surface area contributed by atoms with Crippen LogP contribution < -0.4 is 4.74 Å². The maximum atomic E-state index is 11.3. The van der Waals surface area contributed by atoms with Gasteiger partial charge in [-0.15, -0.1) is 0 Å². The van der Waals surface area contributed by atoms with E-state index in [1.165, 1.54) is 0 Å². The van der Waals surface area contributed by atoms with Gasteiger partial charge in [-0.2, -0.15) is 0 Å². The highest BCUT2D eigenvalue weighted by Gasteiger charge is 2.32. The molecule has 0 fully saturated rings. The smallest absolute Gasteiger partial charge is 0.233 e. The summed E-state index contributed by atoms with van der Waals surface area (Å²) in [5, 5.41) is 0. The topological polar surface area (TPSA) is 43.4 Å². The fourth-order valence-electron chi connectivity index (χ4n) is 1.94. The molecule has 0 amide bonds. The fraction of sp³-hybridized carbons (Fsp3) is 0.571. The van der Waals surface area contributed by atoms with Crippen LogP contribution in [0.25, 0.3) is 0 Å². The number of ether oxygens (including phenoxy) is 1. The van der Waals surface area contributed by atoms with E-state index in [4.69, 9.17) is 15.4 Å². The molecule has 0 unspecified atom stereocenters. The van der Waals surface area contributed by atoms with Crippen LogP contribution in [0, 0.1) is 12.3 Å². The van der Waals surface area contributed by atoms with Gasteiger partial charge in [-0.05, 0) is 31.9 Å². The van der Waals surface area contributed by atoms with Crippen LogP contribution in [0.2, 0.25) is 0 Å². The third-order valence-corrected chi connectivity index (χ3v) is 4.83. The van der Waals surface area contributed by atoms with Crippen molar-refractivity contribution in [1.29, 1.82) is 0 Å². The standard InChI is InChI=1S/C14H21ClO3S/c1-4-14(5-2,11-19(15,16)17)10-18-13-8-6-12(3)7-9-13/h6-9H,4-5,10-11H2,1-3H3. The minimum atomic E-state index is -3.52. The molecule has 3 nitrogen and oxygen atoms in total. The average molecular weight is 305 g/mol. The molecule has 0 aliphatic heterocycles. The van der Waals surface area contributed by atoms with Gasteiger partial charge >= 0.3 is 0 Å². The Morgan fingerprint density at radius 1 is 1.16 bits per heavy atom. The summed E-state index contributed by atoms with van der Waals surface area (Å²) in [6.45, 7) is 6.29. The molecule has 0 radical (unpaired) electrons. The summed E-state index contributed by atoms with van der Waals surface area (Å²) in [5.74, 6) is 0.698. The molecule has 108 valence electrons. The summed E-state index contributed by atoms with van der Waals surface area (Å²) >= 11 is 0. The van der Waals surface area contributed by atoms with Crippen LogP contribution in [-0.2, 0) is 9.05 Å². The minimum absolute atomic E-state index is 0.0551. The summed E-state index contributed by atoms with van der Waals surface area (Å²) in [4.78, 5) is 0. The zero-order chi connectivity index (χ0) is 14.5. The summed E-state index contributed by atoms with van der Waals surface area (Å²) in [5.41, 5.74) is 0.735. The lowest BCUT2D eigenvalue weighted by Gasteiger charge is -2.30. The second kappa shape index (κ2) is 6.62. The number of hydrogen-bond acceptors (Lipinski definition) is 3. The molecule has 0 N–H and O–H groups in total. The van der Waals surface area contributed by atoms with Crippen molar-refractivity contribution in [3.8, 4) is 5.75 Å². The summed E-state index contributed by atoms with van der Waals surface area (Å²) in [6, 6.07) is 7.71. The van der Waals surface area contributed by atoms with Gasteiger partial charge in [0.15, 0.2) is 0 Å². The molecule has 0 bridgehead atoms. The molecule has 19 heavy (non-hydrogen) atoms. The summed E-state index contributed by atoms with van der Waals surface area (Å²) in [7, 11) is 1.87. The predicted molar refractivity (Wildman–Crippen MR) is 79.3 cm³/mol. The Morgan fingerprint density at radius 3 is 2.11 bits per heavy atom. The van der Waals surface area contributed by atoms with Crippen LogP contribution in [0.1, 0.15) is 32.3 Å². The van der Waals surface area contributed by atoms with Crippen LogP contribution in [0.4, 0.5) is 0 Å².